The van der Waals surface area contributed by atoms with Gasteiger partial charge in [0.2, 0.25) is 0 Å². The van der Waals surface area contributed by atoms with Crippen LogP contribution >= 0.6 is 0 Å². The average Bonchev–Trinajstić information content (AvgIpc) is 3.41. The summed E-state index contributed by atoms with van der Waals surface area (Å²) in [5.41, 5.74) is 5.04. The van der Waals surface area contributed by atoms with Gasteiger partial charge in [0.1, 0.15) is 6.10 Å². The molecule has 0 N–H and O–H groups in total. The van der Waals surface area contributed by atoms with E-state index in [2.05, 4.69) is 107 Å². The number of carbonyl (C=O) groups is 1. The van der Waals surface area contributed by atoms with E-state index in [1.54, 1.807) is 5.57 Å². The van der Waals surface area contributed by atoms with Crippen LogP contribution in [0.5, 0.6) is 0 Å². The van der Waals surface area contributed by atoms with Gasteiger partial charge >= 0.3 is 5.97 Å². The van der Waals surface area contributed by atoms with Gasteiger partial charge in [-0.1, -0.05) is 86.3 Å². The molecule has 0 aromatic heterocycles. The molecule has 0 spiro atoms. The second-order valence-corrected chi connectivity index (χ2v) is 27.9. The molecule has 45 heavy (non-hydrogen) atoms. The van der Waals surface area contributed by atoms with Crippen molar-refractivity contribution < 1.29 is 18.4 Å². The maximum Gasteiger partial charge on any atom is 0.333 e. The van der Waals surface area contributed by atoms with Gasteiger partial charge in [-0.15, -0.1) is 0 Å². The van der Waals surface area contributed by atoms with Gasteiger partial charge in [0.05, 0.1) is 12.2 Å². The third-order valence-electron chi connectivity index (χ3n) is 13.1. The van der Waals surface area contributed by atoms with Gasteiger partial charge in [0, 0.05) is 18.4 Å². The maximum absolute atomic E-state index is 12.0. The summed E-state index contributed by atoms with van der Waals surface area (Å²) in [7, 11) is -3.93. The monoisotopic (exact) mass is 654 g/mol. The minimum absolute atomic E-state index is 0.00581. The summed E-state index contributed by atoms with van der Waals surface area (Å²) >= 11 is 0. The van der Waals surface area contributed by atoms with Crippen LogP contribution in [0, 0.1) is 23.2 Å². The van der Waals surface area contributed by atoms with Crippen molar-refractivity contribution in [2.45, 2.75) is 168 Å². The molecule has 4 nitrogen and oxygen atoms in total. The first-order valence-electron chi connectivity index (χ1n) is 17.9. The number of esters is 1. The molecule has 0 unspecified atom stereocenters. The van der Waals surface area contributed by atoms with Crippen LogP contribution in [0.2, 0.25) is 36.3 Å². The van der Waals surface area contributed by atoms with Gasteiger partial charge in [0.25, 0.3) is 0 Å². The van der Waals surface area contributed by atoms with Crippen molar-refractivity contribution >= 4 is 22.6 Å². The van der Waals surface area contributed by atoms with Crippen molar-refractivity contribution in [1.82, 2.24) is 0 Å². The predicted molar refractivity (Wildman–Crippen MR) is 194 cm³/mol. The van der Waals surface area contributed by atoms with E-state index in [1.807, 2.05) is 0 Å². The number of allylic oxidation sites excluding steroid dienone is 3. The molecule has 1 aliphatic heterocycles. The zero-order chi connectivity index (χ0) is 33.8. The number of cyclic esters (lactones) is 1. The van der Waals surface area contributed by atoms with Gasteiger partial charge in [-0.3, -0.25) is 0 Å². The standard InChI is InChI=1S/C39H66O4Si2/c1-26(22-31-23-27(2)36(40)41-31)33-19-20-34-29(16-15-21-39(33,34)10)17-18-30-24-32(42-44(11,12)37(4,5)6)25-35(28(30)3)43-45(13,14)38(7,8)9/h17-18,26,31-35H,2-3,15-16,19-25H2,1,4-14H3/t26-,31+,32-,33-,34+,35+,39-/m1/s1. The van der Waals surface area contributed by atoms with Gasteiger partial charge in [-0.05, 0) is 116 Å². The number of carbonyl (C=O) groups excluding carboxylic acids is 1. The molecule has 4 aliphatic rings. The fourth-order valence-corrected chi connectivity index (χ4v) is 11.0. The second-order valence-electron chi connectivity index (χ2n) is 18.4. The lowest BCUT2D eigenvalue weighted by atomic mass is 9.60. The predicted octanol–water partition coefficient (Wildman–Crippen LogP) is 11.1. The molecule has 0 amide bonds. The van der Waals surface area contributed by atoms with E-state index < -0.39 is 16.6 Å². The molecule has 0 aromatic carbocycles. The van der Waals surface area contributed by atoms with E-state index in [0.29, 0.717) is 35.2 Å². The summed E-state index contributed by atoms with van der Waals surface area (Å²) in [6.45, 7) is 37.0. The molecule has 4 fully saturated rings. The third-order valence-corrected chi connectivity index (χ3v) is 22.2. The highest BCUT2D eigenvalue weighted by atomic mass is 28.4. The first kappa shape index (κ1) is 36.6. The topological polar surface area (TPSA) is 44.8 Å². The van der Waals surface area contributed by atoms with Crippen LogP contribution in [-0.4, -0.2) is 40.9 Å². The first-order valence-corrected chi connectivity index (χ1v) is 23.7. The quantitative estimate of drug-likeness (QED) is 0.148. The van der Waals surface area contributed by atoms with Crippen molar-refractivity contribution in [2.24, 2.45) is 23.2 Å². The molecule has 7 atom stereocenters. The van der Waals surface area contributed by atoms with Crippen molar-refractivity contribution in [3.63, 3.8) is 0 Å². The average molecular weight is 655 g/mol. The van der Waals surface area contributed by atoms with Gasteiger partial charge in [-0.2, -0.15) is 0 Å². The molecule has 0 bridgehead atoms. The molecule has 0 radical (unpaired) electrons. The minimum atomic E-state index is -1.99. The van der Waals surface area contributed by atoms with Crippen LogP contribution in [0.3, 0.4) is 0 Å². The van der Waals surface area contributed by atoms with Crippen LogP contribution in [0.1, 0.15) is 113 Å². The van der Waals surface area contributed by atoms with E-state index in [-0.39, 0.29) is 34.4 Å². The third kappa shape index (κ3) is 7.76. The summed E-state index contributed by atoms with van der Waals surface area (Å²) in [6, 6.07) is 0. The van der Waals surface area contributed by atoms with Gasteiger partial charge in [0.15, 0.2) is 16.6 Å². The van der Waals surface area contributed by atoms with Gasteiger partial charge < -0.3 is 13.6 Å². The summed E-state index contributed by atoms with van der Waals surface area (Å²) in [5, 5.41) is 0.307. The lowest BCUT2D eigenvalue weighted by molar-refractivity contribution is -0.139. The number of hydrogen-bond acceptors (Lipinski definition) is 4. The molecule has 4 rings (SSSR count). The lowest BCUT2D eigenvalue weighted by Gasteiger charge is -2.46. The minimum Gasteiger partial charge on any atom is -0.459 e. The highest BCUT2D eigenvalue weighted by Gasteiger charge is 2.51. The van der Waals surface area contributed by atoms with E-state index in [0.717, 1.165) is 24.8 Å². The van der Waals surface area contributed by atoms with Crippen LogP contribution in [0.25, 0.3) is 0 Å². The van der Waals surface area contributed by atoms with Crippen molar-refractivity contribution in [3.8, 4) is 0 Å². The van der Waals surface area contributed by atoms with Crippen LogP contribution < -0.4 is 0 Å². The van der Waals surface area contributed by atoms with Crippen molar-refractivity contribution in [2.75, 3.05) is 0 Å². The normalized spacial score (nSPS) is 34.4. The molecule has 6 heteroatoms. The zero-order valence-corrected chi connectivity index (χ0v) is 33.0. The summed E-state index contributed by atoms with van der Waals surface area (Å²) in [4.78, 5) is 12.0. The van der Waals surface area contributed by atoms with Gasteiger partial charge in [-0.25, -0.2) is 4.79 Å². The largest absolute Gasteiger partial charge is 0.459 e. The number of hydrogen-bond donors (Lipinski definition) is 0. The maximum atomic E-state index is 12.0. The Morgan fingerprint density at radius 3 is 2.18 bits per heavy atom. The van der Waals surface area contributed by atoms with Crippen molar-refractivity contribution in [1.29, 1.82) is 0 Å². The summed E-state index contributed by atoms with van der Waals surface area (Å²) in [5.74, 6) is 1.60. The van der Waals surface area contributed by atoms with Crippen LogP contribution in [0.4, 0.5) is 0 Å². The Hall–Kier alpha value is -1.22. The Labute approximate surface area is 278 Å². The Balaban J connectivity index is 1.57. The smallest absolute Gasteiger partial charge is 0.333 e. The first-order chi connectivity index (χ1) is 20.6. The summed E-state index contributed by atoms with van der Waals surface area (Å²) < 4.78 is 19.8. The Kier molecular flexibility index (Phi) is 10.6. The summed E-state index contributed by atoms with van der Waals surface area (Å²) in [6.07, 6.45) is 14.8. The van der Waals surface area contributed by atoms with E-state index in [1.165, 1.54) is 37.7 Å². The Morgan fingerprint density at radius 1 is 0.978 bits per heavy atom. The fraction of sp³-hybridized carbons (Fsp3) is 0.769. The van der Waals surface area contributed by atoms with E-state index in [4.69, 9.17) is 13.6 Å². The van der Waals surface area contributed by atoms with Crippen LogP contribution in [-0.2, 0) is 18.4 Å². The molecule has 254 valence electrons. The highest BCUT2D eigenvalue weighted by molar-refractivity contribution is 6.74. The zero-order valence-electron chi connectivity index (χ0n) is 31.0. The SMILES string of the molecule is C=C1C[C@H](C[C@@H](C)[C@H]2CC[C@H]3C(=CC=C4C[C@@H](O[Si](C)(C)C(C)(C)C)C[C@H](O[Si](C)(C)C(C)(C)C)C4=C)CCC[C@]23C)OC1=O. The molecular formula is C39H66O4Si2. The molecule has 1 heterocycles. The number of rotatable bonds is 8. The molecule has 1 saturated heterocycles. The van der Waals surface area contributed by atoms with Crippen molar-refractivity contribution in [3.05, 3.63) is 47.6 Å². The molecule has 0 aromatic rings. The Morgan fingerprint density at radius 2 is 1.60 bits per heavy atom. The number of ether oxygens (including phenoxy) is 1. The highest BCUT2D eigenvalue weighted by Crippen LogP contribution is 2.60. The lowest BCUT2D eigenvalue weighted by Crippen LogP contribution is -2.49. The van der Waals surface area contributed by atoms with E-state index >= 15 is 0 Å². The Bertz CT molecular complexity index is 1200. The molecular weight excluding hydrogens is 589 g/mol. The van der Waals surface area contributed by atoms with E-state index in [9.17, 15) is 4.79 Å². The fourth-order valence-electron chi connectivity index (χ4n) is 8.32. The molecule has 3 saturated carbocycles. The molecule has 3 aliphatic carbocycles. The second kappa shape index (κ2) is 13.0. The van der Waals surface area contributed by atoms with Crippen LogP contribution in [0.15, 0.2) is 47.6 Å². The number of fused-ring (bicyclic) bond motifs is 1.